The lowest BCUT2D eigenvalue weighted by molar-refractivity contribution is -0.138. The second kappa shape index (κ2) is 7.68. The fourth-order valence-corrected chi connectivity index (χ4v) is 5.16. The summed E-state index contributed by atoms with van der Waals surface area (Å²) in [5.74, 6) is 0.543. The number of sulfonamides is 1. The normalized spacial score (nSPS) is 23.5. The van der Waals surface area contributed by atoms with Gasteiger partial charge in [-0.25, -0.2) is 13.4 Å². The maximum absolute atomic E-state index is 12.9. The quantitative estimate of drug-likeness (QED) is 0.799. The minimum atomic E-state index is -3.65. The number of imidazole rings is 1. The van der Waals surface area contributed by atoms with Crippen molar-refractivity contribution < 1.29 is 13.2 Å². The van der Waals surface area contributed by atoms with Crippen molar-refractivity contribution in [3.05, 3.63) is 12.5 Å². The van der Waals surface area contributed by atoms with Crippen molar-refractivity contribution in [3.63, 3.8) is 0 Å². The van der Waals surface area contributed by atoms with Crippen LogP contribution < -0.4 is 0 Å². The van der Waals surface area contributed by atoms with Crippen LogP contribution in [-0.2, 0) is 14.8 Å². The number of hydrogen-bond donors (Lipinski definition) is 0. The minimum absolute atomic E-state index is 0.0751. The van der Waals surface area contributed by atoms with E-state index in [4.69, 9.17) is 0 Å². The molecule has 0 spiro atoms. The lowest BCUT2D eigenvalue weighted by atomic mass is 9.94. The third-order valence-corrected chi connectivity index (χ3v) is 7.36. The van der Waals surface area contributed by atoms with E-state index >= 15 is 0 Å². The number of nitrogens with zero attached hydrogens (tertiary/aromatic N) is 4. The monoisotopic (exact) mass is 382 g/mol. The van der Waals surface area contributed by atoms with Gasteiger partial charge in [-0.05, 0) is 45.4 Å². The standard InChI is InChI=1S/C18H30N4O3S/c1-14(2)21-12-17(19-13-21)26(24,25)22-8-4-5-16(11-22)18(23)20-9-6-15(3)7-10-20/h12-16H,4-11H2,1-3H3. The molecule has 2 saturated heterocycles. The first-order valence-corrected chi connectivity index (χ1v) is 11.1. The first kappa shape index (κ1) is 19.4. The number of carbonyl (C=O) groups excluding carboxylic acids is 1. The van der Waals surface area contributed by atoms with Crippen LogP contribution in [0.15, 0.2) is 17.6 Å². The molecule has 2 fully saturated rings. The van der Waals surface area contributed by atoms with E-state index in [9.17, 15) is 13.2 Å². The van der Waals surface area contributed by atoms with Crippen molar-refractivity contribution in [1.29, 1.82) is 0 Å². The van der Waals surface area contributed by atoms with E-state index in [1.165, 1.54) is 4.31 Å². The van der Waals surface area contributed by atoms with E-state index in [-0.39, 0.29) is 29.4 Å². The molecule has 0 bridgehead atoms. The molecule has 146 valence electrons. The fourth-order valence-electron chi connectivity index (χ4n) is 3.72. The van der Waals surface area contributed by atoms with Gasteiger partial charge in [0.1, 0.15) is 0 Å². The predicted molar refractivity (Wildman–Crippen MR) is 99.1 cm³/mol. The number of piperidine rings is 2. The molecule has 0 N–H and O–H groups in total. The third kappa shape index (κ3) is 3.96. The van der Waals surface area contributed by atoms with E-state index in [1.54, 1.807) is 17.1 Å². The summed E-state index contributed by atoms with van der Waals surface area (Å²) in [5.41, 5.74) is 0. The van der Waals surface area contributed by atoms with E-state index in [1.807, 2.05) is 18.7 Å². The highest BCUT2D eigenvalue weighted by molar-refractivity contribution is 7.89. The number of hydrogen-bond acceptors (Lipinski definition) is 4. The average Bonchev–Trinajstić information content (AvgIpc) is 3.13. The van der Waals surface area contributed by atoms with E-state index < -0.39 is 10.0 Å². The van der Waals surface area contributed by atoms with Gasteiger partial charge in [0.2, 0.25) is 5.91 Å². The number of likely N-dealkylation sites (tertiary alicyclic amines) is 1. The van der Waals surface area contributed by atoms with Gasteiger partial charge in [0.25, 0.3) is 10.0 Å². The minimum Gasteiger partial charge on any atom is -0.342 e. The molecule has 1 aromatic heterocycles. The van der Waals surface area contributed by atoms with Crippen LogP contribution in [0.4, 0.5) is 0 Å². The topological polar surface area (TPSA) is 75.5 Å². The van der Waals surface area contributed by atoms with Crippen LogP contribution in [-0.4, -0.2) is 59.3 Å². The van der Waals surface area contributed by atoms with E-state index in [0.29, 0.717) is 18.9 Å². The summed E-state index contributed by atoms with van der Waals surface area (Å²) in [6.07, 6.45) is 6.68. The molecule has 3 heterocycles. The number of rotatable bonds is 4. The van der Waals surface area contributed by atoms with Gasteiger partial charge in [-0.3, -0.25) is 4.79 Å². The summed E-state index contributed by atoms with van der Waals surface area (Å²) in [4.78, 5) is 18.9. The van der Waals surface area contributed by atoms with Crippen LogP contribution in [0.1, 0.15) is 52.5 Å². The van der Waals surface area contributed by atoms with Crippen molar-refractivity contribution in [2.75, 3.05) is 26.2 Å². The van der Waals surface area contributed by atoms with Gasteiger partial charge in [-0.15, -0.1) is 0 Å². The molecule has 0 aliphatic carbocycles. The zero-order chi connectivity index (χ0) is 18.9. The van der Waals surface area contributed by atoms with Crippen LogP contribution in [0, 0.1) is 11.8 Å². The Morgan fingerprint density at radius 1 is 1.19 bits per heavy atom. The smallest absolute Gasteiger partial charge is 0.262 e. The maximum Gasteiger partial charge on any atom is 0.262 e. The Morgan fingerprint density at radius 2 is 1.88 bits per heavy atom. The molecule has 3 rings (SSSR count). The molecule has 0 radical (unpaired) electrons. The van der Waals surface area contributed by atoms with Gasteiger partial charge in [-0.1, -0.05) is 6.92 Å². The second-order valence-corrected chi connectivity index (χ2v) is 9.85. The fraction of sp³-hybridized carbons (Fsp3) is 0.778. The summed E-state index contributed by atoms with van der Waals surface area (Å²) in [7, 11) is -3.65. The van der Waals surface area contributed by atoms with Crippen molar-refractivity contribution >= 4 is 15.9 Å². The lowest BCUT2D eigenvalue weighted by Crippen LogP contribution is -2.48. The van der Waals surface area contributed by atoms with Gasteiger partial charge in [-0.2, -0.15) is 4.31 Å². The van der Waals surface area contributed by atoms with Crippen LogP contribution in [0.5, 0.6) is 0 Å². The number of carbonyl (C=O) groups is 1. The summed E-state index contributed by atoms with van der Waals surface area (Å²) in [6, 6.07) is 0.156. The second-order valence-electron chi connectivity index (χ2n) is 7.96. The molecular weight excluding hydrogens is 352 g/mol. The molecule has 1 unspecified atom stereocenters. The molecule has 7 nitrogen and oxygen atoms in total. The van der Waals surface area contributed by atoms with Crippen LogP contribution >= 0.6 is 0 Å². The Bertz CT molecular complexity index is 735. The molecule has 26 heavy (non-hydrogen) atoms. The van der Waals surface area contributed by atoms with Gasteiger partial charge < -0.3 is 9.47 Å². The SMILES string of the molecule is CC1CCN(C(=O)C2CCCN(S(=O)(=O)c3cn(C(C)C)cn3)C2)CC1. The molecule has 2 aliphatic rings. The highest BCUT2D eigenvalue weighted by Gasteiger charge is 2.36. The maximum atomic E-state index is 12.9. The summed E-state index contributed by atoms with van der Waals surface area (Å²) < 4.78 is 29.1. The molecule has 1 amide bonds. The Morgan fingerprint density at radius 3 is 2.50 bits per heavy atom. The van der Waals surface area contributed by atoms with Gasteiger partial charge in [0.05, 0.1) is 12.2 Å². The zero-order valence-corrected chi connectivity index (χ0v) is 16.8. The molecule has 1 aromatic rings. The van der Waals surface area contributed by atoms with Crippen molar-refractivity contribution in [3.8, 4) is 0 Å². The van der Waals surface area contributed by atoms with E-state index in [2.05, 4.69) is 11.9 Å². The van der Waals surface area contributed by atoms with Crippen LogP contribution in [0.2, 0.25) is 0 Å². The number of aromatic nitrogens is 2. The van der Waals surface area contributed by atoms with Gasteiger partial charge in [0.15, 0.2) is 5.03 Å². The first-order valence-electron chi connectivity index (χ1n) is 9.61. The molecule has 0 saturated carbocycles. The summed E-state index contributed by atoms with van der Waals surface area (Å²) in [6.45, 7) is 8.48. The first-order chi connectivity index (χ1) is 12.3. The van der Waals surface area contributed by atoms with Gasteiger partial charge in [0, 0.05) is 38.4 Å². The Balaban J connectivity index is 1.70. The van der Waals surface area contributed by atoms with Gasteiger partial charge >= 0.3 is 0 Å². The average molecular weight is 383 g/mol. The summed E-state index contributed by atoms with van der Waals surface area (Å²) >= 11 is 0. The van der Waals surface area contributed by atoms with Crippen LogP contribution in [0.25, 0.3) is 0 Å². The Kier molecular flexibility index (Phi) is 5.72. The van der Waals surface area contributed by atoms with Crippen molar-refractivity contribution in [2.45, 2.75) is 57.5 Å². The molecular formula is C18H30N4O3S. The summed E-state index contributed by atoms with van der Waals surface area (Å²) in [5, 5.41) is 0.0751. The predicted octanol–water partition coefficient (Wildman–Crippen LogP) is 2.12. The molecule has 0 aromatic carbocycles. The van der Waals surface area contributed by atoms with Crippen molar-refractivity contribution in [1.82, 2.24) is 18.8 Å². The molecule has 8 heteroatoms. The highest BCUT2D eigenvalue weighted by Crippen LogP contribution is 2.26. The number of amides is 1. The van der Waals surface area contributed by atoms with Crippen LogP contribution in [0.3, 0.4) is 0 Å². The zero-order valence-electron chi connectivity index (χ0n) is 16.0. The Hall–Kier alpha value is -1.41. The Labute approximate surface area is 156 Å². The molecule has 2 aliphatic heterocycles. The van der Waals surface area contributed by atoms with E-state index in [0.717, 1.165) is 32.4 Å². The lowest BCUT2D eigenvalue weighted by Gasteiger charge is -2.36. The third-order valence-electron chi connectivity index (χ3n) is 5.61. The molecule has 1 atom stereocenters. The highest BCUT2D eigenvalue weighted by atomic mass is 32.2. The largest absolute Gasteiger partial charge is 0.342 e. The van der Waals surface area contributed by atoms with Crippen molar-refractivity contribution in [2.24, 2.45) is 11.8 Å².